The molecule has 0 aliphatic heterocycles. The van der Waals surface area contributed by atoms with Crippen LogP contribution in [0.5, 0.6) is 0 Å². The zero-order valence-electron chi connectivity index (χ0n) is 21.8. The molecule has 0 bridgehead atoms. The minimum absolute atomic E-state index is 0.101. The van der Waals surface area contributed by atoms with Crippen molar-refractivity contribution in [1.82, 2.24) is 9.97 Å². The SMILES string of the molecule is Cc1ccc2c(c1/N=C1/C=CC=CC1)C=C(c1ccccc1)C2c1nc(-c2ccccc2)c2ccccc2n1. The quantitative estimate of drug-likeness (QED) is 0.247. The van der Waals surface area contributed by atoms with Crippen LogP contribution in [0, 0.1) is 6.92 Å². The van der Waals surface area contributed by atoms with Crippen molar-refractivity contribution >= 4 is 34.0 Å². The summed E-state index contributed by atoms with van der Waals surface area (Å²) in [5.41, 5.74) is 11.0. The Bertz CT molecular complexity index is 1830. The monoisotopic (exact) mass is 501 g/mol. The van der Waals surface area contributed by atoms with Crippen molar-refractivity contribution in [3.05, 3.63) is 149 Å². The fourth-order valence-corrected chi connectivity index (χ4v) is 5.62. The first kappa shape index (κ1) is 23.2. The number of aryl methyl sites for hydroxylation is 1. The van der Waals surface area contributed by atoms with E-state index in [0.29, 0.717) is 0 Å². The Morgan fingerprint density at radius 1 is 0.744 bits per heavy atom. The predicted octanol–water partition coefficient (Wildman–Crippen LogP) is 8.88. The first-order valence-electron chi connectivity index (χ1n) is 13.4. The Balaban J connectivity index is 1.48. The first-order valence-corrected chi connectivity index (χ1v) is 13.4. The average Bonchev–Trinajstić information content (AvgIpc) is 3.39. The van der Waals surface area contributed by atoms with Crippen LogP contribution in [0.25, 0.3) is 33.8 Å². The third-order valence-corrected chi connectivity index (χ3v) is 7.53. The summed E-state index contributed by atoms with van der Waals surface area (Å²) in [5.74, 6) is 0.708. The van der Waals surface area contributed by atoms with Gasteiger partial charge in [-0.2, -0.15) is 0 Å². The lowest BCUT2D eigenvalue weighted by Crippen LogP contribution is -2.08. The Morgan fingerprint density at radius 3 is 2.26 bits per heavy atom. The summed E-state index contributed by atoms with van der Waals surface area (Å²) in [6.45, 7) is 2.14. The normalized spacial score (nSPS) is 17.0. The van der Waals surface area contributed by atoms with Gasteiger partial charge >= 0.3 is 0 Å². The molecule has 0 spiro atoms. The molecule has 0 amide bonds. The highest BCUT2D eigenvalue weighted by molar-refractivity contribution is 6.02. The number of hydrogen-bond acceptors (Lipinski definition) is 3. The Hall–Kier alpha value is -4.89. The molecule has 7 rings (SSSR count). The van der Waals surface area contributed by atoms with Crippen molar-refractivity contribution in [2.24, 2.45) is 4.99 Å². The van der Waals surface area contributed by atoms with Crippen LogP contribution < -0.4 is 0 Å². The van der Waals surface area contributed by atoms with Gasteiger partial charge in [-0.3, -0.25) is 4.99 Å². The summed E-state index contributed by atoms with van der Waals surface area (Å²) >= 11 is 0. The molecule has 1 aromatic heterocycles. The summed E-state index contributed by atoms with van der Waals surface area (Å²) in [7, 11) is 0. The van der Waals surface area contributed by atoms with Gasteiger partial charge in [0, 0.05) is 28.6 Å². The Kier molecular flexibility index (Phi) is 5.82. The molecule has 1 heterocycles. The molecular formula is C36H27N3. The van der Waals surface area contributed by atoms with Gasteiger partial charge in [-0.15, -0.1) is 0 Å². The topological polar surface area (TPSA) is 38.1 Å². The van der Waals surface area contributed by atoms with Crippen LogP contribution in [0.2, 0.25) is 0 Å². The number of fused-ring (bicyclic) bond motifs is 2. The minimum atomic E-state index is -0.101. The zero-order valence-corrected chi connectivity index (χ0v) is 21.8. The van der Waals surface area contributed by atoms with Crippen molar-refractivity contribution in [1.29, 1.82) is 0 Å². The minimum Gasteiger partial charge on any atom is -0.252 e. The molecule has 39 heavy (non-hydrogen) atoms. The van der Waals surface area contributed by atoms with Crippen molar-refractivity contribution in [2.75, 3.05) is 0 Å². The molecule has 3 heteroatoms. The number of allylic oxidation sites excluding steroid dienone is 5. The maximum absolute atomic E-state index is 5.29. The van der Waals surface area contributed by atoms with Gasteiger partial charge in [-0.25, -0.2) is 9.97 Å². The molecule has 0 N–H and O–H groups in total. The highest BCUT2D eigenvalue weighted by atomic mass is 14.9. The van der Waals surface area contributed by atoms with Crippen LogP contribution in [-0.4, -0.2) is 15.7 Å². The second-order valence-corrected chi connectivity index (χ2v) is 10.0. The van der Waals surface area contributed by atoms with Gasteiger partial charge in [0.2, 0.25) is 0 Å². The molecule has 0 saturated carbocycles. The van der Waals surface area contributed by atoms with Crippen LogP contribution in [0.3, 0.4) is 0 Å². The molecular weight excluding hydrogens is 474 g/mol. The summed E-state index contributed by atoms with van der Waals surface area (Å²) in [4.78, 5) is 15.6. The van der Waals surface area contributed by atoms with Crippen molar-refractivity contribution in [2.45, 2.75) is 19.3 Å². The molecule has 1 unspecified atom stereocenters. The zero-order chi connectivity index (χ0) is 26.2. The number of hydrogen-bond donors (Lipinski definition) is 0. The maximum Gasteiger partial charge on any atom is 0.141 e. The second kappa shape index (κ2) is 9.77. The van der Waals surface area contributed by atoms with Crippen molar-refractivity contribution in [3.63, 3.8) is 0 Å². The van der Waals surface area contributed by atoms with E-state index in [0.717, 1.165) is 56.9 Å². The lowest BCUT2D eigenvalue weighted by molar-refractivity contribution is 0.923. The Morgan fingerprint density at radius 2 is 1.49 bits per heavy atom. The third-order valence-electron chi connectivity index (χ3n) is 7.53. The Labute approximate surface area is 228 Å². The van der Waals surface area contributed by atoms with Gasteiger partial charge in [0.15, 0.2) is 0 Å². The number of aromatic nitrogens is 2. The lowest BCUT2D eigenvalue weighted by atomic mass is 9.89. The third kappa shape index (κ3) is 4.22. The van der Waals surface area contributed by atoms with E-state index < -0.39 is 0 Å². The number of nitrogens with zero attached hydrogens (tertiary/aromatic N) is 3. The van der Waals surface area contributed by atoms with Crippen molar-refractivity contribution < 1.29 is 0 Å². The molecule has 2 aliphatic carbocycles. The van der Waals surface area contributed by atoms with Gasteiger partial charge in [-0.05, 0) is 47.4 Å². The van der Waals surface area contributed by atoms with E-state index in [4.69, 9.17) is 15.0 Å². The molecule has 2 aliphatic rings. The molecule has 4 aromatic carbocycles. The molecule has 5 aromatic rings. The van der Waals surface area contributed by atoms with Gasteiger partial charge in [0.1, 0.15) is 5.82 Å². The number of aliphatic imine (C=N–C) groups is 1. The van der Waals surface area contributed by atoms with E-state index in [9.17, 15) is 0 Å². The van der Waals surface area contributed by atoms with E-state index in [1.165, 1.54) is 16.7 Å². The van der Waals surface area contributed by atoms with Crippen LogP contribution in [0.15, 0.2) is 126 Å². The van der Waals surface area contributed by atoms with E-state index >= 15 is 0 Å². The van der Waals surface area contributed by atoms with Crippen LogP contribution in [0.1, 0.15) is 40.4 Å². The summed E-state index contributed by atoms with van der Waals surface area (Å²) in [6.07, 6.45) is 11.5. The van der Waals surface area contributed by atoms with Crippen LogP contribution in [-0.2, 0) is 0 Å². The molecule has 3 nitrogen and oxygen atoms in total. The highest BCUT2D eigenvalue weighted by Crippen LogP contribution is 2.49. The lowest BCUT2D eigenvalue weighted by Gasteiger charge is -2.19. The maximum atomic E-state index is 5.29. The van der Waals surface area contributed by atoms with E-state index in [1.807, 2.05) is 12.1 Å². The van der Waals surface area contributed by atoms with E-state index in [2.05, 4.69) is 122 Å². The van der Waals surface area contributed by atoms with Gasteiger partial charge in [-0.1, -0.05) is 109 Å². The predicted molar refractivity (Wildman–Crippen MR) is 162 cm³/mol. The number of para-hydroxylation sites is 1. The van der Waals surface area contributed by atoms with Gasteiger partial charge in [0.25, 0.3) is 0 Å². The van der Waals surface area contributed by atoms with Crippen LogP contribution in [0.4, 0.5) is 5.69 Å². The fraction of sp³-hybridized carbons (Fsp3) is 0.0833. The summed E-state index contributed by atoms with van der Waals surface area (Å²) in [5, 5.41) is 1.06. The fourth-order valence-electron chi connectivity index (χ4n) is 5.62. The van der Waals surface area contributed by atoms with Gasteiger partial charge < -0.3 is 0 Å². The summed E-state index contributed by atoms with van der Waals surface area (Å²) in [6, 6.07) is 33.8. The molecule has 0 fully saturated rings. The average molecular weight is 502 g/mol. The highest BCUT2D eigenvalue weighted by Gasteiger charge is 2.33. The van der Waals surface area contributed by atoms with E-state index in [-0.39, 0.29) is 5.92 Å². The molecule has 0 radical (unpaired) electrons. The second-order valence-electron chi connectivity index (χ2n) is 10.0. The van der Waals surface area contributed by atoms with Gasteiger partial charge in [0.05, 0.1) is 22.8 Å². The van der Waals surface area contributed by atoms with E-state index in [1.54, 1.807) is 0 Å². The molecule has 1 atom stereocenters. The molecule has 186 valence electrons. The molecule has 0 saturated heterocycles. The number of rotatable bonds is 4. The standard InChI is InChI=1S/C36H27N3/c1-24-21-22-28-31(34(24)37-27-17-9-4-10-18-27)23-30(25-13-5-2-6-14-25)33(28)36-38-32-20-12-11-19-29(32)35(39-36)26-15-7-3-8-16-26/h2-17,19-23,33H,18H2,1H3/b37-27-. The largest absolute Gasteiger partial charge is 0.252 e. The number of benzene rings is 4. The summed E-state index contributed by atoms with van der Waals surface area (Å²) < 4.78 is 0. The first-order chi connectivity index (χ1) is 19.3. The smallest absolute Gasteiger partial charge is 0.141 e. The van der Waals surface area contributed by atoms with Crippen molar-refractivity contribution in [3.8, 4) is 11.3 Å². The van der Waals surface area contributed by atoms with Crippen LogP contribution >= 0.6 is 0 Å².